The first kappa shape index (κ1) is 15.6. The van der Waals surface area contributed by atoms with Crippen LogP contribution in [0.5, 0.6) is 0 Å². The molecule has 0 aromatic carbocycles. The quantitative estimate of drug-likeness (QED) is 0.939. The summed E-state index contributed by atoms with van der Waals surface area (Å²) in [5.41, 5.74) is 4.61. The lowest BCUT2D eigenvalue weighted by Crippen LogP contribution is -2.35. The Labute approximate surface area is 126 Å². The van der Waals surface area contributed by atoms with Crippen LogP contribution < -0.4 is 5.32 Å². The molecule has 2 heterocycles. The molecule has 114 valence electrons. The predicted molar refractivity (Wildman–Crippen MR) is 84.6 cm³/mol. The second-order valence-electron chi connectivity index (χ2n) is 6.41. The predicted octanol–water partition coefficient (Wildman–Crippen LogP) is 2.73. The largest absolute Gasteiger partial charge is 0.308 e. The van der Waals surface area contributed by atoms with Crippen molar-refractivity contribution in [2.45, 2.75) is 60.0 Å². The van der Waals surface area contributed by atoms with Crippen molar-refractivity contribution in [2.24, 2.45) is 0 Å². The van der Waals surface area contributed by atoms with Crippen molar-refractivity contribution in [1.29, 1.82) is 0 Å². The Morgan fingerprint density at radius 2 is 1.76 bits per heavy atom. The third kappa shape index (κ3) is 3.67. The first-order valence-corrected chi connectivity index (χ1v) is 7.43. The summed E-state index contributed by atoms with van der Waals surface area (Å²) < 4.78 is 1.83. The van der Waals surface area contributed by atoms with E-state index in [4.69, 9.17) is 0 Å². The highest BCUT2D eigenvalue weighted by Gasteiger charge is 2.13. The van der Waals surface area contributed by atoms with Gasteiger partial charge in [-0.15, -0.1) is 0 Å². The van der Waals surface area contributed by atoms with Gasteiger partial charge in [-0.25, -0.2) is 14.6 Å². The zero-order valence-corrected chi connectivity index (χ0v) is 13.9. The number of hydrogen-bond acceptors (Lipinski definition) is 4. The van der Waals surface area contributed by atoms with E-state index in [1.807, 2.05) is 24.0 Å². The van der Waals surface area contributed by atoms with Crippen LogP contribution in [0.15, 0.2) is 12.4 Å². The minimum Gasteiger partial charge on any atom is -0.308 e. The lowest BCUT2D eigenvalue weighted by molar-refractivity contribution is 0.423. The molecule has 0 aliphatic carbocycles. The minimum absolute atomic E-state index is 0.0877. The van der Waals surface area contributed by atoms with Gasteiger partial charge in [0.2, 0.25) is 0 Å². The molecule has 0 aliphatic rings. The second kappa shape index (κ2) is 5.93. The maximum Gasteiger partial charge on any atom is 0.250 e. The first-order valence-electron chi connectivity index (χ1n) is 7.43. The Hall–Kier alpha value is -1.75. The summed E-state index contributed by atoms with van der Waals surface area (Å²) in [6.07, 6.45) is 4.71. The van der Waals surface area contributed by atoms with E-state index in [0.717, 1.165) is 29.9 Å². The van der Waals surface area contributed by atoms with Gasteiger partial charge >= 0.3 is 0 Å². The molecule has 0 radical (unpaired) electrons. The molecule has 1 N–H and O–H groups in total. The summed E-state index contributed by atoms with van der Waals surface area (Å²) >= 11 is 0. The van der Waals surface area contributed by atoms with Crippen LogP contribution in [0.1, 0.15) is 50.2 Å². The first-order chi connectivity index (χ1) is 9.81. The molecule has 21 heavy (non-hydrogen) atoms. The van der Waals surface area contributed by atoms with E-state index in [1.54, 1.807) is 0 Å². The monoisotopic (exact) mass is 287 g/mol. The molecule has 0 unspecified atom stereocenters. The highest BCUT2D eigenvalue weighted by Crippen LogP contribution is 2.16. The van der Waals surface area contributed by atoms with Gasteiger partial charge in [-0.3, -0.25) is 0 Å². The van der Waals surface area contributed by atoms with Crippen molar-refractivity contribution in [3.63, 3.8) is 0 Å². The van der Waals surface area contributed by atoms with Gasteiger partial charge in [0.25, 0.3) is 5.95 Å². The zero-order valence-electron chi connectivity index (χ0n) is 13.9. The number of rotatable bonds is 4. The average molecular weight is 287 g/mol. The van der Waals surface area contributed by atoms with E-state index in [9.17, 15) is 0 Å². The van der Waals surface area contributed by atoms with Gasteiger partial charge in [0, 0.05) is 35.7 Å². The van der Waals surface area contributed by atoms with Gasteiger partial charge in [-0.1, -0.05) is 6.92 Å². The molecule has 0 fully saturated rings. The average Bonchev–Trinajstić information content (AvgIpc) is 2.71. The fourth-order valence-corrected chi connectivity index (χ4v) is 2.30. The van der Waals surface area contributed by atoms with Gasteiger partial charge in [0.05, 0.1) is 5.69 Å². The third-order valence-corrected chi connectivity index (χ3v) is 3.50. The van der Waals surface area contributed by atoms with E-state index in [0.29, 0.717) is 5.95 Å². The van der Waals surface area contributed by atoms with Crippen LogP contribution >= 0.6 is 0 Å². The van der Waals surface area contributed by atoms with Crippen molar-refractivity contribution < 1.29 is 0 Å². The summed E-state index contributed by atoms with van der Waals surface area (Å²) in [6.45, 7) is 13.4. The highest BCUT2D eigenvalue weighted by molar-refractivity contribution is 5.29. The Balaban J connectivity index is 2.19. The van der Waals surface area contributed by atoms with E-state index in [1.165, 1.54) is 5.56 Å². The Morgan fingerprint density at radius 1 is 1.14 bits per heavy atom. The van der Waals surface area contributed by atoms with Crippen LogP contribution in [0, 0.1) is 13.8 Å². The maximum atomic E-state index is 4.54. The molecule has 0 saturated carbocycles. The van der Waals surface area contributed by atoms with Crippen LogP contribution in [0.4, 0.5) is 0 Å². The molecule has 2 aromatic heterocycles. The fourth-order valence-electron chi connectivity index (χ4n) is 2.30. The molecule has 0 spiro atoms. The van der Waals surface area contributed by atoms with E-state index < -0.39 is 0 Å². The van der Waals surface area contributed by atoms with E-state index in [-0.39, 0.29) is 5.54 Å². The van der Waals surface area contributed by atoms with Crippen molar-refractivity contribution in [2.75, 3.05) is 0 Å². The molecule has 0 atom stereocenters. The number of hydrogen-bond donors (Lipinski definition) is 1. The number of aromatic nitrogens is 4. The summed E-state index contributed by atoms with van der Waals surface area (Å²) in [5, 5.41) is 7.97. The van der Waals surface area contributed by atoms with Gasteiger partial charge in [-0.2, -0.15) is 5.10 Å². The van der Waals surface area contributed by atoms with Gasteiger partial charge < -0.3 is 5.32 Å². The topological polar surface area (TPSA) is 55.6 Å². The van der Waals surface area contributed by atoms with Gasteiger partial charge in [0.1, 0.15) is 0 Å². The van der Waals surface area contributed by atoms with E-state index >= 15 is 0 Å². The van der Waals surface area contributed by atoms with Crippen LogP contribution in [-0.4, -0.2) is 25.3 Å². The summed E-state index contributed by atoms with van der Waals surface area (Å²) in [5.74, 6) is 0.634. The summed E-state index contributed by atoms with van der Waals surface area (Å²) in [6, 6.07) is 0. The summed E-state index contributed by atoms with van der Waals surface area (Å²) in [7, 11) is 0. The third-order valence-electron chi connectivity index (χ3n) is 3.50. The maximum absolute atomic E-state index is 4.54. The number of nitrogens with zero attached hydrogens (tertiary/aromatic N) is 4. The molecule has 5 heteroatoms. The Bertz CT molecular complexity index is 605. The Kier molecular flexibility index (Phi) is 4.42. The molecule has 0 bridgehead atoms. The molecule has 0 amide bonds. The second-order valence-corrected chi connectivity index (χ2v) is 6.41. The molecule has 5 nitrogen and oxygen atoms in total. The van der Waals surface area contributed by atoms with Crippen molar-refractivity contribution >= 4 is 0 Å². The molecular formula is C16H25N5. The van der Waals surface area contributed by atoms with Crippen LogP contribution in [0.3, 0.4) is 0 Å². The molecule has 2 aromatic rings. The molecule has 0 aliphatic heterocycles. The molecular weight excluding hydrogens is 262 g/mol. The lowest BCUT2D eigenvalue weighted by Gasteiger charge is -2.20. The van der Waals surface area contributed by atoms with E-state index in [2.05, 4.69) is 55.0 Å². The standard InChI is InChI=1S/C16H25N5/c1-7-14-11(2)20-21(12(14)3)15-17-8-13(9-18-15)10-19-16(4,5)6/h8-9,19H,7,10H2,1-6H3. The molecule has 2 rings (SSSR count). The molecule has 0 saturated heterocycles. The minimum atomic E-state index is 0.0877. The van der Waals surface area contributed by atoms with Gasteiger partial charge in [0.15, 0.2) is 0 Å². The fraction of sp³-hybridized carbons (Fsp3) is 0.562. The highest BCUT2D eigenvalue weighted by atomic mass is 15.4. The van der Waals surface area contributed by atoms with Crippen molar-refractivity contribution in [1.82, 2.24) is 25.1 Å². The van der Waals surface area contributed by atoms with Crippen LogP contribution in [-0.2, 0) is 13.0 Å². The number of aryl methyl sites for hydroxylation is 1. The van der Waals surface area contributed by atoms with Crippen molar-refractivity contribution in [3.8, 4) is 5.95 Å². The smallest absolute Gasteiger partial charge is 0.250 e. The van der Waals surface area contributed by atoms with Crippen LogP contribution in [0.2, 0.25) is 0 Å². The normalized spacial score (nSPS) is 11.9. The Morgan fingerprint density at radius 3 is 2.24 bits per heavy atom. The summed E-state index contributed by atoms with van der Waals surface area (Å²) in [4.78, 5) is 8.90. The lowest BCUT2D eigenvalue weighted by atomic mass is 10.1. The van der Waals surface area contributed by atoms with Gasteiger partial charge in [-0.05, 0) is 46.6 Å². The van der Waals surface area contributed by atoms with Crippen molar-refractivity contribution in [3.05, 3.63) is 34.9 Å². The zero-order chi connectivity index (χ0) is 15.6. The number of nitrogens with one attached hydrogen (secondary N) is 1. The van der Waals surface area contributed by atoms with Crippen LogP contribution in [0.25, 0.3) is 5.95 Å². The SMILES string of the molecule is CCc1c(C)nn(-c2ncc(CNC(C)(C)C)cn2)c1C.